The second kappa shape index (κ2) is 9.19. The van der Waals surface area contributed by atoms with Crippen LogP contribution < -0.4 is 0 Å². The van der Waals surface area contributed by atoms with Crippen LogP contribution in [0.25, 0.3) is 5.16 Å². The molecule has 0 aliphatic carbocycles. The molecule has 0 spiro atoms. The minimum atomic E-state index is -1.69. The topological polar surface area (TPSA) is 22.3 Å². The molecule has 0 amide bonds. The molecule has 1 nitrogen and oxygen atoms in total. The van der Waals surface area contributed by atoms with Crippen molar-refractivity contribution in [2.45, 2.75) is 58.5 Å². The molecular formula is C11H27NPTi. The average Bonchev–Trinajstić information content (AvgIpc) is 1.84. The third-order valence-electron chi connectivity index (χ3n) is 2.48. The summed E-state index contributed by atoms with van der Waals surface area (Å²) in [5, 5.41) is 10.4. The summed E-state index contributed by atoms with van der Waals surface area (Å²) in [5.41, 5.74) is 1.34. The largest absolute Gasteiger partial charge is 3.00 e. The van der Waals surface area contributed by atoms with Crippen LogP contribution in [0.1, 0.15) is 41.5 Å². The Balaban J connectivity index is -0.000000167. The van der Waals surface area contributed by atoms with Crippen LogP contribution in [-0.2, 0) is 21.7 Å². The molecule has 0 aromatic carbocycles. The molecule has 0 aliphatic rings. The van der Waals surface area contributed by atoms with E-state index >= 15 is 0 Å². The van der Waals surface area contributed by atoms with Crippen molar-refractivity contribution < 1.29 is 21.7 Å². The first kappa shape index (κ1) is 24.3. The van der Waals surface area contributed by atoms with Gasteiger partial charge < -0.3 is 20.0 Å². The van der Waals surface area contributed by atoms with Crippen molar-refractivity contribution in [1.82, 2.24) is 0 Å². The van der Waals surface area contributed by atoms with E-state index in [0.717, 1.165) is 0 Å². The quantitative estimate of drug-likeness (QED) is 0.388. The maximum atomic E-state index is 10.4. The van der Waals surface area contributed by atoms with E-state index in [0.29, 0.717) is 17.0 Å². The maximum absolute atomic E-state index is 10.4. The number of rotatable bonds is 3. The summed E-state index contributed by atoms with van der Waals surface area (Å²) in [5.74, 6) is 0. The van der Waals surface area contributed by atoms with E-state index in [1.807, 2.05) is 0 Å². The summed E-state index contributed by atoms with van der Waals surface area (Å²) >= 11 is 0. The first-order valence-corrected chi connectivity index (χ1v) is 6.39. The van der Waals surface area contributed by atoms with Gasteiger partial charge in [-0.1, -0.05) is 41.5 Å². The Bertz CT molecular complexity index is 136. The van der Waals surface area contributed by atoms with E-state index in [9.17, 15) is 5.16 Å². The molecule has 85 valence electrons. The van der Waals surface area contributed by atoms with Gasteiger partial charge in [-0.2, -0.15) is 0 Å². The van der Waals surface area contributed by atoms with Crippen LogP contribution >= 0.6 is 7.05 Å². The maximum Gasteiger partial charge on any atom is 3.00 e. The van der Waals surface area contributed by atoms with E-state index in [-0.39, 0.29) is 36.6 Å². The van der Waals surface area contributed by atoms with Crippen molar-refractivity contribution in [2.75, 3.05) is 0 Å². The Morgan fingerprint density at radius 3 is 0.857 bits per heavy atom. The Kier molecular flexibility index (Phi) is 15.9. The molecule has 0 aliphatic heterocycles. The van der Waals surface area contributed by atoms with Crippen LogP contribution in [-0.4, -0.2) is 17.0 Å². The molecular weight excluding hydrogens is 225 g/mol. The summed E-state index contributed by atoms with van der Waals surface area (Å²) in [6.45, 7) is 12.8. The van der Waals surface area contributed by atoms with Gasteiger partial charge in [-0.25, -0.2) is 7.05 Å². The monoisotopic (exact) mass is 252 g/mol. The second-order valence-corrected chi connectivity index (χ2v) is 8.76. The van der Waals surface area contributed by atoms with E-state index in [2.05, 4.69) is 41.5 Å². The SMILES string of the molecule is CC(C)P(=[N-])(C(C)C)C(C)C.[CH3-].[CH3-].[Ti+3]. The summed E-state index contributed by atoms with van der Waals surface area (Å²) in [6, 6.07) is 0. The van der Waals surface area contributed by atoms with Gasteiger partial charge in [0.2, 0.25) is 0 Å². The fourth-order valence-corrected chi connectivity index (χ4v) is 5.37. The number of hydrogen-bond donors (Lipinski definition) is 0. The van der Waals surface area contributed by atoms with Crippen LogP contribution in [0.15, 0.2) is 0 Å². The van der Waals surface area contributed by atoms with E-state index < -0.39 is 7.05 Å². The Morgan fingerprint density at radius 2 is 0.857 bits per heavy atom. The smallest absolute Gasteiger partial charge is 0.807 e. The van der Waals surface area contributed by atoms with Crippen molar-refractivity contribution in [1.29, 1.82) is 0 Å². The van der Waals surface area contributed by atoms with Gasteiger partial charge >= 0.3 is 21.7 Å². The fraction of sp³-hybridized carbons (Fsp3) is 0.818. The van der Waals surface area contributed by atoms with Crippen molar-refractivity contribution in [3.05, 3.63) is 20.0 Å². The number of hydrogen-bond acceptors (Lipinski definition) is 0. The molecule has 0 saturated carbocycles. The normalized spacial score (nSPS) is 10.6. The molecule has 0 aromatic rings. The summed E-state index contributed by atoms with van der Waals surface area (Å²) in [7, 11) is -1.69. The minimum Gasteiger partial charge on any atom is -0.807 e. The molecule has 0 aromatic heterocycles. The summed E-state index contributed by atoms with van der Waals surface area (Å²) in [6.07, 6.45) is 0. The third kappa shape index (κ3) is 5.15. The molecule has 1 radical (unpaired) electrons. The molecule has 0 atom stereocenters. The van der Waals surface area contributed by atoms with E-state index in [1.165, 1.54) is 0 Å². The van der Waals surface area contributed by atoms with Crippen LogP contribution in [0.4, 0.5) is 0 Å². The zero-order chi connectivity index (χ0) is 9.23. The van der Waals surface area contributed by atoms with Crippen LogP contribution in [0.3, 0.4) is 0 Å². The first-order chi connectivity index (χ1) is 4.83. The Morgan fingerprint density at radius 1 is 0.714 bits per heavy atom. The molecule has 0 fully saturated rings. The van der Waals surface area contributed by atoms with Crippen molar-refractivity contribution in [3.63, 3.8) is 0 Å². The predicted octanol–water partition coefficient (Wildman–Crippen LogP) is 4.88. The van der Waals surface area contributed by atoms with Crippen molar-refractivity contribution in [2.24, 2.45) is 0 Å². The predicted molar refractivity (Wildman–Crippen MR) is 68.5 cm³/mol. The van der Waals surface area contributed by atoms with Gasteiger partial charge in [-0.15, -0.1) is 0 Å². The van der Waals surface area contributed by atoms with Gasteiger partial charge in [0.1, 0.15) is 0 Å². The Labute approximate surface area is 107 Å². The third-order valence-corrected chi connectivity index (χ3v) is 7.45. The molecule has 14 heavy (non-hydrogen) atoms. The van der Waals surface area contributed by atoms with Crippen molar-refractivity contribution >= 4 is 7.05 Å². The fourth-order valence-electron chi connectivity index (χ4n) is 1.79. The first-order valence-electron chi connectivity index (χ1n) is 4.44. The van der Waals surface area contributed by atoms with Gasteiger partial charge in [0.05, 0.1) is 0 Å². The van der Waals surface area contributed by atoms with Gasteiger partial charge in [-0.05, 0) is 17.0 Å². The minimum absolute atomic E-state index is 0. The molecule has 3 heteroatoms. The zero-order valence-corrected chi connectivity index (χ0v) is 13.6. The molecule has 0 saturated heterocycles. The Hall–Kier alpha value is 0.944. The molecule has 0 N–H and O–H groups in total. The second-order valence-electron chi connectivity index (χ2n) is 4.07. The van der Waals surface area contributed by atoms with Crippen LogP contribution in [0.2, 0.25) is 0 Å². The van der Waals surface area contributed by atoms with Gasteiger partial charge in [0, 0.05) is 0 Å². The standard InChI is InChI=1S/C9H21NP.2CH3.Ti/c1-7(2)11(10,8(3)4)9(5)6;;;/h7-9H,1-6H3;2*1H3;/q3*-1;+3. The molecule has 0 rings (SSSR count). The molecule has 0 bridgehead atoms. The summed E-state index contributed by atoms with van der Waals surface area (Å²) < 4.78 is 0. The van der Waals surface area contributed by atoms with Gasteiger partial charge in [0.15, 0.2) is 0 Å². The molecule has 0 unspecified atom stereocenters. The average molecular weight is 252 g/mol. The van der Waals surface area contributed by atoms with Gasteiger partial charge in [0.25, 0.3) is 0 Å². The number of nitrogens with zero attached hydrogens (tertiary/aromatic N) is 1. The van der Waals surface area contributed by atoms with Crippen LogP contribution in [0.5, 0.6) is 0 Å². The zero-order valence-electron chi connectivity index (χ0n) is 11.1. The van der Waals surface area contributed by atoms with Gasteiger partial charge in [-0.3, -0.25) is 0 Å². The molecule has 0 heterocycles. The van der Waals surface area contributed by atoms with E-state index in [4.69, 9.17) is 0 Å². The summed E-state index contributed by atoms with van der Waals surface area (Å²) in [4.78, 5) is 0. The van der Waals surface area contributed by atoms with E-state index in [1.54, 1.807) is 0 Å². The van der Waals surface area contributed by atoms with Crippen molar-refractivity contribution in [3.8, 4) is 0 Å². The van der Waals surface area contributed by atoms with Crippen LogP contribution in [0, 0.1) is 14.9 Å².